The number of unbranched alkanes of at least 4 members (excludes halogenated alkanes) is 2. The van der Waals surface area contributed by atoms with E-state index in [1.165, 1.54) is 0 Å². The van der Waals surface area contributed by atoms with Crippen LogP contribution in [0.25, 0.3) is 11.0 Å². The molecule has 1 amide bonds. The Labute approximate surface area is 213 Å². The lowest BCUT2D eigenvalue weighted by atomic mass is 9.98. The van der Waals surface area contributed by atoms with Gasteiger partial charge in [0.15, 0.2) is 16.9 Å². The molecule has 8 heteroatoms. The number of methoxy groups -OCH3 is 1. The first-order valence-electron chi connectivity index (χ1n) is 12.0. The van der Waals surface area contributed by atoms with Crippen LogP contribution in [0.2, 0.25) is 0 Å². The summed E-state index contributed by atoms with van der Waals surface area (Å²) < 4.78 is 23.9. The van der Waals surface area contributed by atoms with Gasteiger partial charge in [-0.2, -0.15) is 0 Å². The number of hydrogen-bond donors (Lipinski definition) is 0. The van der Waals surface area contributed by atoms with Crippen molar-refractivity contribution >= 4 is 32.8 Å². The Morgan fingerprint density at radius 1 is 1.00 bits per heavy atom. The van der Waals surface area contributed by atoms with E-state index in [0.29, 0.717) is 54.4 Å². The van der Waals surface area contributed by atoms with Gasteiger partial charge in [0.2, 0.25) is 5.76 Å². The number of halogens is 1. The lowest BCUT2D eigenvalue weighted by Gasteiger charge is -2.25. The minimum absolute atomic E-state index is 0.0729. The van der Waals surface area contributed by atoms with Crippen LogP contribution in [0.4, 0.5) is 0 Å². The summed E-state index contributed by atoms with van der Waals surface area (Å²) in [5, 5.41) is 0.422. The molecule has 1 aromatic heterocycles. The van der Waals surface area contributed by atoms with Gasteiger partial charge >= 0.3 is 0 Å². The largest absolute Gasteiger partial charge is 0.490 e. The van der Waals surface area contributed by atoms with Gasteiger partial charge < -0.3 is 23.5 Å². The minimum Gasteiger partial charge on any atom is -0.490 e. The fourth-order valence-corrected chi connectivity index (χ4v) is 4.74. The number of hydrogen-bond acceptors (Lipinski definition) is 6. The second kappa shape index (κ2) is 11.3. The van der Waals surface area contributed by atoms with Crippen molar-refractivity contribution in [3.8, 4) is 11.5 Å². The van der Waals surface area contributed by atoms with E-state index in [-0.39, 0.29) is 17.1 Å². The first-order valence-corrected chi connectivity index (χ1v) is 12.7. The summed E-state index contributed by atoms with van der Waals surface area (Å²) in [5.74, 6) is 0.974. The zero-order valence-electron chi connectivity index (χ0n) is 20.3. The number of benzene rings is 2. The molecule has 1 aliphatic heterocycles. The SMILES string of the molecule is CCCCCOc1ccc(C2c3c(oc4ccc(Br)cc4c3=O)C(=O)N2CCOC)cc1OCC. The number of ether oxygens (including phenoxy) is 3. The van der Waals surface area contributed by atoms with Gasteiger partial charge in [-0.3, -0.25) is 9.59 Å². The van der Waals surface area contributed by atoms with Crippen LogP contribution >= 0.6 is 15.9 Å². The maximum atomic E-state index is 13.7. The van der Waals surface area contributed by atoms with Crippen molar-refractivity contribution in [1.82, 2.24) is 4.90 Å². The molecule has 4 rings (SSSR count). The molecule has 0 N–H and O–H groups in total. The highest BCUT2D eigenvalue weighted by Gasteiger charge is 2.42. The molecule has 0 saturated carbocycles. The normalized spacial score (nSPS) is 15.0. The van der Waals surface area contributed by atoms with Crippen molar-refractivity contribution in [2.75, 3.05) is 33.5 Å². The molecule has 0 saturated heterocycles. The molecular formula is C27H30BrNO6. The number of carbonyl (C=O) groups excluding carboxylic acids is 1. The molecule has 1 aliphatic rings. The van der Waals surface area contributed by atoms with E-state index in [9.17, 15) is 9.59 Å². The van der Waals surface area contributed by atoms with Crippen molar-refractivity contribution in [2.24, 2.45) is 0 Å². The van der Waals surface area contributed by atoms with Gasteiger partial charge in [0.25, 0.3) is 5.91 Å². The molecular weight excluding hydrogens is 514 g/mol. The van der Waals surface area contributed by atoms with Gasteiger partial charge in [-0.15, -0.1) is 0 Å². The fourth-order valence-electron chi connectivity index (χ4n) is 4.38. The Morgan fingerprint density at radius 3 is 2.57 bits per heavy atom. The van der Waals surface area contributed by atoms with Crippen molar-refractivity contribution in [3.05, 3.63) is 68.0 Å². The number of nitrogens with zero attached hydrogens (tertiary/aromatic N) is 1. The quantitative estimate of drug-likeness (QED) is 0.288. The minimum atomic E-state index is -0.624. The molecule has 1 unspecified atom stereocenters. The number of carbonyl (C=O) groups is 1. The molecule has 0 bridgehead atoms. The summed E-state index contributed by atoms with van der Waals surface area (Å²) in [4.78, 5) is 28.7. The number of fused-ring (bicyclic) bond motifs is 2. The Morgan fingerprint density at radius 2 is 1.83 bits per heavy atom. The maximum Gasteiger partial charge on any atom is 0.290 e. The predicted molar refractivity (Wildman–Crippen MR) is 138 cm³/mol. The van der Waals surface area contributed by atoms with Gasteiger partial charge in [0.05, 0.1) is 36.8 Å². The molecule has 35 heavy (non-hydrogen) atoms. The zero-order chi connectivity index (χ0) is 24.9. The molecule has 0 aliphatic carbocycles. The van der Waals surface area contributed by atoms with E-state index < -0.39 is 6.04 Å². The summed E-state index contributed by atoms with van der Waals surface area (Å²) >= 11 is 3.43. The van der Waals surface area contributed by atoms with Gasteiger partial charge in [-0.25, -0.2) is 0 Å². The van der Waals surface area contributed by atoms with Gasteiger partial charge in [0.1, 0.15) is 5.58 Å². The first kappa shape index (κ1) is 25.3. The van der Waals surface area contributed by atoms with Crippen molar-refractivity contribution in [3.63, 3.8) is 0 Å². The van der Waals surface area contributed by atoms with Crippen molar-refractivity contribution in [1.29, 1.82) is 0 Å². The van der Waals surface area contributed by atoms with Crippen LogP contribution in [0.5, 0.6) is 11.5 Å². The van der Waals surface area contributed by atoms with Crippen LogP contribution in [-0.4, -0.2) is 44.3 Å². The fraction of sp³-hybridized carbons (Fsp3) is 0.407. The molecule has 0 fully saturated rings. The predicted octanol–water partition coefficient (Wildman–Crippen LogP) is 5.71. The highest BCUT2D eigenvalue weighted by Crippen LogP contribution is 2.41. The molecule has 1 atom stereocenters. The van der Waals surface area contributed by atoms with E-state index in [1.54, 1.807) is 30.2 Å². The van der Waals surface area contributed by atoms with Crippen molar-refractivity contribution < 1.29 is 23.4 Å². The van der Waals surface area contributed by atoms with Gasteiger partial charge in [-0.1, -0.05) is 41.8 Å². The average Bonchev–Trinajstić information content (AvgIpc) is 3.13. The lowest BCUT2D eigenvalue weighted by Crippen LogP contribution is -2.32. The third-order valence-corrected chi connectivity index (χ3v) is 6.55. The smallest absolute Gasteiger partial charge is 0.290 e. The topological polar surface area (TPSA) is 78.2 Å². The van der Waals surface area contributed by atoms with Gasteiger partial charge in [-0.05, 0) is 49.2 Å². The van der Waals surface area contributed by atoms with E-state index in [4.69, 9.17) is 18.6 Å². The first-order chi connectivity index (χ1) is 17.0. The van der Waals surface area contributed by atoms with Crippen LogP contribution in [0, 0.1) is 0 Å². The number of amides is 1. The second-order valence-corrected chi connectivity index (χ2v) is 9.32. The van der Waals surface area contributed by atoms with Gasteiger partial charge in [0, 0.05) is 18.1 Å². The third kappa shape index (κ3) is 5.09. The van der Waals surface area contributed by atoms with E-state index in [0.717, 1.165) is 29.3 Å². The summed E-state index contributed by atoms with van der Waals surface area (Å²) in [6.07, 6.45) is 3.17. The highest BCUT2D eigenvalue weighted by atomic mass is 79.9. The molecule has 0 spiro atoms. The maximum absolute atomic E-state index is 13.7. The second-order valence-electron chi connectivity index (χ2n) is 8.40. The van der Waals surface area contributed by atoms with E-state index >= 15 is 0 Å². The summed E-state index contributed by atoms with van der Waals surface area (Å²) in [6, 6.07) is 10.2. The highest BCUT2D eigenvalue weighted by molar-refractivity contribution is 9.10. The lowest BCUT2D eigenvalue weighted by molar-refractivity contribution is 0.0663. The summed E-state index contributed by atoms with van der Waals surface area (Å²) in [7, 11) is 1.58. The van der Waals surface area contributed by atoms with Crippen LogP contribution in [-0.2, 0) is 4.74 Å². The van der Waals surface area contributed by atoms with Crippen molar-refractivity contribution in [2.45, 2.75) is 39.2 Å². The van der Waals surface area contributed by atoms with E-state index in [1.807, 2.05) is 25.1 Å². The monoisotopic (exact) mass is 543 g/mol. The molecule has 0 radical (unpaired) electrons. The van der Waals surface area contributed by atoms with Crippen LogP contribution in [0.1, 0.15) is 60.8 Å². The molecule has 2 aromatic carbocycles. The Hall–Kier alpha value is -2.84. The molecule has 3 aromatic rings. The third-order valence-electron chi connectivity index (χ3n) is 6.05. The number of rotatable bonds is 11. The average molecular weight is 544 g/mol. The molecule has 2 heterocycles. The zero-order valence-corrected chi connectivity index (χ0v) is 21.9. The Kier molecular flexibility index (Phi) is 8.13. The van der Waals surface area contributed by atoms with Crippen LogP contribution in [0.3, 0.4) is 0 Å². The van der Waals surface area contributed by atoms with Crippen LogP contribution < -0.4 is 14.9 Å². The molecule has 7 nitrogen and oxygen atoms in total. The Balaban J connectivity index is 1.82. The summed E-state index contributed by atoms with van der Waals surface area (Å²) in [5.41, 5.74) is 1.23. The Bertz CT molecular complexity index is 1270. The standard InChI is InChI=1S/C27H30BrNO6/c1-4-6-7-13-34-21-10-8-17(15-22(21)33-5-2)24-23-25(30)19-16-18(28)9-11-20(19)35-26(23)27(31)29(24)12-14-32-3/h8-11,15-16,24H,4-7,12-14H2,1-3H3. The molecule has 186 valence electrons. The van der Waals surface area contributed by atoms with E-state index in [2.05, 4.69) is 22.9 Å². The van der Waals surface area contributed by atoms with Crippen LogP contribution in [0.15, 0.2) is 50.1 Å². The summed E-state index contributed by atoms with van der Waals surface area (Å²) in [6.45, 7) is 5.75.